The fraction of sp³-hybridized carbons (Fsp3) is 0.542. The molecular weight excluding hydrogens is 466 g/mol. The third kappa shape index (κ3) is 6.19. The summed E-state index contributed by atoms with van der Waals surface area (Å²) >= 11 is 0. The number of nitrogens with zero attached hydrogens (tertiary/aromatic N) is 5. The summed E-state index contributed by atoms with van der Waals surface area (Å²) in [6, 6.07) is 6.06. The van der Waals surface area contributed by atoms with Crippen LogP contribution >= 0.6 is 0 Å². The normalized spacial score (nSPS) is 22.3. The van der Waals surface area contributed by atoms with Gasteiger partial charge in [-0.05, 0) is 44.4 Å². The van der Waals surface area contributed by atoms with Crippen LogP contribution in [0.25, 0.3) is 0 Å². The van der Waals surface area contributed by atoms with E-state index in [1.807, 2.05) is 18.7 Å². The van der Waals surface area contributed by atoms with E-state index in [9.17, 15) is 22.4 Å². The zero-order valence-electron chi connectivity index (χ0n) is 19.7. The molecule has 2 atom stereocenters. The van der Waals surface area contributed by atoms with Gasteiger partial charge in [-0.1, -0.05) is 12.1 Å². The molecule has 1 aromatic carbocycles. The van der Waals surface area contributed by atoms with Crippen molar-refractivity contribution in [3.63, 3.8) is 0 Å². The van der Waals surface area contributed by atoms with Gasteiger partial charge in [0, 0.05) is 57.2 Å². The standard InChI is InChI=1S/C24H29F4N5O2/c1-16-14-33(17(2)13-32(16)22-29-11-19(12-30-22)24(26,27)28)23(34)35-21-7-9-31(10-8-21)15-18-3-5-20(25)6-4-18/h3-6,11-12,16-17,21H,7-10,13-15H2,1-2H3/t16-,17+/m0/s1. The van der Waals surface area contributed by atoms with Crippen molar-refractivity contribution < 1.29 is 27.1 Å². The van der Waals surface area contributed by atoms with E-state index in [-0.39, 0.29) is 36.0 Å². The monoisotopic (exact) mass is 495 g/mol. The number of piperazine rings is 1. The summed E-state index contributed by atoms with van der Waals surface area (Å²) < 4.78 is 57.3. The van der Waals surface area contributed by atoms with Crippen molar-refractivity contribution in [2.24, 2.45) is 0 Å². The molecule has 4 rings (SSSR count). The second kappa shape index (κ2) is 10.3. The number of halogens is 4. The maximum Gasteiger partial charge on any atom is 0.419 e. The minimum absolute atomic E-state index is 0.175. The van der Waals surface area contributed by atoms with Gasteiger partial charge in [-0.2, -0.15) is 13.2 Å². The van der Waals surface area contributed by atoms with Crippen molar-refractivity contribution in [1.82, 2.24) is 19.8 Å². The Morgan fingerprint density at radius 1 is 1.03 bits per heavy atom. The molecule has 1 aromatic heterocycles. The zero-order chi connectivity index (χ0) is 25.2. The molecule has 7 nitrogen and oxygen atoms in total. The summed E-state index contributed by atoms with van der Waals surface area (Å²) in [7, 11) is 0. The number of likely N-dealkylation sites (tertiary alicyclic amines) is 1. The molecule has 11 heteroatoms. The van der Waals surface area contributed by atoms with Gasteiger partial charge in [0.05, 0.1) is 5.56 Å². The highest BCUT2D eigenvalue weighted by atomic mass is 19.4. The highest BCUT2D eigenvalue weighted by molar-refractivity contribution is 5.69. The molecule has 0 radical (unpaired) electrons. The molecule has 0 saturated carbocycles. The number of anilines is 1. The Balaban J connectivity index is 1.27. The molecule has 2 aliphatic heterocycles. The summed E-state index contributed by atoms with van der Waals surface area (Å²) in [5.41, 5.74) is 0.146. The van der Waals surface area contributed by atoms with Crippen molar-refractivity contribution in [2.75, 3.05) is 31.1 Å². The van der Waals surface area contributed by atoms with Gasteiger partial charge < -0.3 is 14.5 Å². The molecule has 1 amide bonds. The summed E-state index contributed by atoms with van der Waals surface area (Å²) in [5, 5.41) is 0. The minimum Gasteiger partial charge on any atom is -0.446 e. The van der Waals surface area contributed by atoms with Crippen LogP contribution in [0.3, 0.4) is 0 Å². The van der Waals surface area contributed by atoms with E-state index in [2.05, 4.69) is 14.9 Å². The lowest BCUT2D eigenvalue weighted by molar-refractivity contribution is -0.138. The smallest absolute Gasteiger partial charge is 0.419 e. The Morgan fingerprint density at radius 3 is 2.26 bits per heavy atom. The highest BCUT2D eigenvalue weighted by Gasteiger charge is 2.36. The SMILES string of the molecule is C[C@@H]1CN(c2ncc(C(F)(F)F)cn2)[C@@H](C)CN1C(=O)OC1CCN(Cc2ccc(F)cc2)CC1. The molecular formula is C24H29F4N5O2. The second-order valence-electron chi connectivity index (χ2n) is 9.26. The summed E-state index contributed by atoms with van der Waals surface area (Å²) in [4.78, 5) is 26.4. The van der Waals surface area contributed by atoms with Gasteiger partial charge in [-0.3, -0.25) is 4.90 Å². The maximum atomic E-state index is 13.1. The van der Waals surface area contributed by atoms with E-state index in [0.717, 1.165) is 50.4 Å². The van der Waals surface area contributed by atoms with Gasteiger partial charge in [0.2, 0.25) is 5.95 Å². The quantitative estimate of drug-likeness (QED) is 0.589. The number of ether oxygens (including phenoxy) is 1. The Hall–Kier alpha value is -2.95. The van der Waals surface area contributed by atoms with Crippen molar-refractivity contribution in [1.29, 1.82) is 0 Å². The zero-order valence-corrected chi connectivity index (χ0v) is 19.7. The number of aromatic nitrogens is 2. The third-order valence-corrected chi connectivity index (χ3v) is 6.56. The Kier molecular flexibility index (Phi) is 7.44. The van der Waals surface area contributed by atoms with Crippen molar-refractivity contribution >= 4 is 12.0 Å². The molecule has 2 saturated heterocycles. The summed E-state index contributed by atoms with van der Waals surface area (Å²) in [6.45, 7) is 6.77. The van der Waals surface area contributed by atoms with E-state index in [1.54, 1.807) is 17.0 Å². The van der Waals surface area contributed by atoms with Crippen molar-refractivity contribution in [3.05, 3.63) is 53.6 Å². The lowest BCUT2D eigenvalue weighted by Crippen LogP contribution is -2.59. The van der Waals surface area contributed by atoms with Crippen molar-refractivity contribution in [2.45, 2.75) is 57.6 Å². The lowest BCUT2D eigenvalue weighted by Gasteiger charge is -2.44. The fourth-order valence-electron chi connectivity index (χ4n) is 4.52. The molecule has 2 aliphatic rings. The fourth-order valence-corrected chi connectivity index (χ4v) is 4.52. The van der Waals surface area contributed by atoms with E-state index in [1.165, 1.54) is 12.1 Å². The molecule has 35 heavy (non-hydrogen) atoms. The van der Waals surface area contributed by atoms with Crippen LogP contribution in [0.2, 0.25) is 0 Å². The second-order valence-corrected chi connectivity index (χ2v) is 9.26. The van der Waals surface area contributed by atoms with E-state index < -0.39 is 11.7 Å². The molecule has 2 aromatic rings. The van der Waals surface area contributed by atoms with Gasteiger partial charge >= 0.3 is 12.3 Å². The number of carbonyl (C=O) groups excluding carboxylic acids is 1. The molecule has 190 valence electrons. The number of hydrogen-bond donors (Lipinski definition) is 0. The first-order valence-electron chi connectivity index (χ1n) is 11.7. The summed E-state index contributed by atoms with van der Waals surface area (Å²) in [6.07, 6.45) is -2.05. The van der Waals surface area contributed by atoms with Crippen LogP contribution in [-0.4, -0.2) is 70.2 Å². The number of rotatable bonds is 4. The first-order chi connectivity index (χ1) is 16.6. The molecule has 3 heterocycles. The van der Waals surface area contributed by atoms with Crippen molar-refractivity contribution in [3.8, 4) is 0 Å². The average Bonchev–Trinajstić information content (AvgIpc) is 2.82. The Bertz CT molecular complexity index is 994. The van der Waals surface area contributed by atoms with Crippen LogP contribution in [0.1, 0.15) is 37.8 Å². The Morgan fingerprint density at radius 2 is 1.66 bits per heavy atom. The summed E-state index contributed by atoms with van der Waals surface area (Å²) in [5.74, 6) is -0.0467. The van der Waals surface area contributed by atoms with E-state index >= 15 is 0 Å². The molecule has 2 fully saturated rings. The lowest BCUT2D eigenvalue weighted by atomic mass is 10.1. The Labute approximate surface area is 201 Å². The first-order valence-corrected chi connectivity index (χ1v) is 11.7. The molecule has 0 unspecified atom stereocenters. The van der Waals surface area contributed by atoms with E-state index in [0.29, 0.717) is 13.1 Å². The average molecular weight is 496 g/mol. The number of piperidine rings is 1. The highest BCUT2D eigenvalue weighted by Crippen LogP contribution is 2.29. The topological polar surface area (TPSA) is 61.8 Å². The number of hydrogen-bond acceptors (Lipinski definition) is 6. The largest absolute Gasteiger partial charge is 0.446 e. The van der Waals surface area contributed by atoms with Crippen LogP contribution in [-0.2, 0) is 17.5 Å². The van der Waals surface area contributed by atoms with Gasteiger partial charge in [-0.25, -0.2) is 19.2 Å². The molecule has 0 spiro atoms. The van der Waals surface area contributed by atoms with E-state index in [4.69, 9.17) is 4.74 Å². The number of carbonyl (C=O) groups is 1. The molecule has 0 N–H and O–H groups in total. The predicted octanol–water partition coefficient (Wildman–Crippen LogP) is 4.33. The van der Waals surface area contributed by atoms with Crippen LogP contribution in [0.15, 0.2) is 36.7 Å². The van der Waals surface area contributed by atoms with Gasteiger partial charge in [0.1, 0.15) is 11.9 Å². The van der Waals surface area contributed by atoms with Crippen LogP contribution in [0.4, 0.5) is 28.3 Å². The first kappa shape index (κ1) is 25.2. The maximum absolute atomic E-state index is 13.1. The van der Waals surface area contributed by atoms with Gasteiger partial charge in [0.15, 0.2) is 0 Å². The molecule has 0 bridgehead atoms. The number of amides is 1. The van der Waals surface area contributed by atoms with Crippen LogP contribution in [0.5, 0.6) is 0 Å². The minimum atomic E-state index is -4.49. The number of benzene rings is 1. The van der Waals surface area contributed by atoms with Crippen LogP contribution < -0.4 is 4.90 Å². The predicted molar refractivity (Wildman–Crippen MR) is 121 cm³/mol. The third-order valence-electron chi connectivity index (χ3n) is 6.56. The van der Waals surface area contributed by atoms with Gasteiger partial charge in [0.25, 0.3) is 0 Å². The van der Waals surface area contributed by atoms with Gasteiger partial charge in [-0.15, -0.1) is 0 Å². The number of alkyl halides is 3. The molecule has 0 aliphatic carbocycles. The van der Waals surface area contributed by atoms with Crippen LogP contribution in [0, 0.1) is 5.82 Å².